The highest BCUT2D eigenvalue weighted by Gasteiger charge is 2.31. The second kappa shape index (κ2) is 7.97. The summed E-state index contributed by atoms with van der Waals surface area (Å²) in [5.74, 6) is 0.749. The number of likely N-dealkylation sites (tertiary alicyclic amines) is 1. The molecule has 1 fully saturated rings. The number of hydrogen-bond acceptors (Lipinski definition) is 4. The molecule has 0 spiro atoms. The number of amides is 1. The molecule has 1 aromatic heterocycles. The molecule has 134 valence electrons. The van der Waals surface area contributed by atoms with Crippen molar-refractivity contribution in [2.45, 2.75) is 65.5 Å². The molecule has 0 radical (unpaired) electrons. The van der Waals surface area contributed by atoms with Gasteiger partial charge < -0.3 is 4.74 Å². The molecule has 24 heavy (non-hydrogen) atoms. The Labute approximate surface area is 146 Å². The summed E-state index contributed by atoms with van der Waals surface area (Å²) < 4.78 is 5.61. The second-order valence-electron chi connectivity index (χ2n) is 7.33. The lowest BCUT2D eigenvalue weighted by Gasteiger charge is -2.30. The van der Waals surface area contributed by atoms with Crippen LogP contribution in [0.25, 0.3) is 0 Å². The fourth-order valence-corrected chi connectivity index (χ4v) is 3.28. The van der Waals surface area contributed by atoms with Crippen molar-refractivity contribution in [2.75, 3.05) is 24.5 Å². The predicted molar refractivity (Wildman–Crippen MR) is 97.3 cm³/mol. The Bertz CT molecular complexity index is 554. The van der Waals surface area contributed by atoms with Crippen molar-refractivity contribution in [1.82, 2.24) is 9.88 Å². The van der Waals surface area contributed by atoms with Crippen LogP contribution in [0.4, 0.5) is 10.6 Å². The largest absolute Gasteiger partial charge is 0.443 e. The molecular weight excluding hydrogens is 302 g/mol. The summed E-state index contributed by atoms with van der Waals surface area (Å²) >= 11 is 0. The summed E-state index contributed by atoms with van der Waals surface area (Å²) in [6.45, 7) is 12.7. The number of anilines is 1. The Balaban J connectivity index is 2.35. The monoisotopic (exact) mass is 333 g/mol. The van der Waals surface area contributed by atoms with Gasteiger partial charge in [0.05, 0.1) is 0 Å². The molecular formula is C19H31N3O2. The number of nitrogens with zero attached hydrogens (tertiary/aromatic N) is 3. The first-order chi connectivity index (χ1) is 11.4. The number of rotatable bonds is 5. The first-order valence-corrected chi connectivity index (χ1v) is 9.06. The van der Waals surface area contributed by atoms with E-state index in [1.807, 2.05) is 26.8 Å². The van der Waals surface area contributed by atoms with Crippen molar-refractivity contribution in [2.24, 2.45) is 0 Å². The third kappa shape index (κ3) is 4.47. The van der Waals surface area contributed by atoms with Gasteiger partial charge in [-0.05, 0) is 59.2 Å². The predicted octanol–water partition coefficient (Wildman–Crippen LogP) is 4.39. The topological polar surface area (TPSA) is 45.7 Å². The Kier molecular flexibility index (Phi) is 6.21. The van der Waals surface area contributed by atoms with Crippen LogP contribution in [0.5, 0.6) is 0 Å². The van der Waals surface area contributed by atoms with Crippen LogP contribution < -0.4 is 4.90 Å². The molecule has 0 aromatic carbocycles. The number of hydrogen-bond donors (Lipinski definition) is 0. The van der Waals surface area contributed by atoms with E-state index in [0.29, 0.717) is 12.6 Å². The van der Waals surface area contributed by atoms with Crippen LogP contribution in [0.2, 0.25) is 0 Å². The van der Waals surface area contributed by atoms with Crippen molar-refractivity contribution in [1.29, 1.82) is 0 Å². The van der Waals surface area contributed by atoms with Gasteiger partial charge >= 0.3 is 6.09 Å². The van der Waals surface area contributed by atoms with Crippen molar-refractivity contribution < 1.29 is 9.53 Å². The van der Waals surface area contributed by atoms with Crippen LogP contribution >= 0.6 is 0 Å². The van der Waals surface area contributed by atoms with Gasteiger partial charge in [0.1, 0.15) is 11.4 Å². The lowest BCUT2D eigenvalue weighted by atomic mass is 10.0. The normalized spacial score (nSPS) is 18.6. The lowest BCUT2D eigenvalue weighted by molar-refractivity contribution is 0.0578. The fourth-order valence-electron chi connectivity index (χ4n) is 3.28. The average molecular weight is 333 g/mol. The Morgan fingerprint density at radius 2 is 2.17 bits per heavy atom. The zero-order valence-electron chi connectivity index (χ0n) is 15.7. The van der Waals surface area contributed by atoms with Crippen molar-refractivity contribution in [3.8, 4) is 0 Å². The first kappa shape index (κ1) is 18.7. The van der Waals surface area contributed by atoms with Crippen LogP contribution in [-0.4, -0.2) is 41.2 Å². The summed E-state index contributed by atoms with van der Waals surface area (Å²) in [4.78, 5) is 21.4. The van der Waals surface area contributed by atoms with Crippen LogP contribution in [0.15, 0.2) is 18.3 Å². The minimum absolute atomic E-state index is 0.314. The summed E-state index contributed by atoms with van der Waals surface area (Å²) in [7, 11) is 0. The van der Waals surface area contributed by atoms with Crippen LogP contribution in [0.1, 0.15) is 65.5 Å². The van der Waals surface area contributed by atoms with Gasteiger partial charge in [-0.25, -0.2) is 9.78 Å². The molecule has 1 amide bonds. The van der Waals surface area contributed by atoms with Crippen molar-refractivity contribution in [3.63, 3.8) is 0 Å². The van der Waals surface area contributed by atoms with E-state index in [9.17, 15) is 4.79 Å². The molecule has 1 aliphatic rings. The van der Waals surface area contributed by atoms with Gasteiger partial charge in [-0.1, -0.05) is 19.9 Å². The standard InChI is InChI=1S/C19H31N3O2/c1-6-13-22(18(23)24-19(3,4)5)17-15(10-8-12-20-17)16-11-9-14-21(16)7-2/h8,10,12,16H,6-7,9,11,13-14H2,1-5H3. The minimum Gasteiger partial charge on any atom is -0.443 e. The lowest BCUT2D eigenvalue weighted by Crippen LogP contribution is -2.39. The number of carbonyl (C=O) groups excluding carboxylic acids is 1. The van der Waals surface area contributed by atoms with Crippen LogP contribution in [0.3, 0.4) is 0 Å². The SMILES string of the molecule is CCCN(C(=O)OC(C)(C)C)c1ncccc1C1CCCN1CC. The van der Waals surface area contributed by atoms with Gasteiger partial charge in [-0.2, -0.15) is 0 Å². The van der Waals surface area contributed by atoms with Gasteiger partial charge in [0, 0.05) is 24.3 Å². The molecule has 0 aliphatic carbocycles. The van der Waals surface area contributed by atoms with E-state index >= 15 is 0 Å². The first-order valence-electron chi connectivity index (χ1n) is 9.06. The highest BCUT2D eigenvalue weighted by atomic mass is 16.6. The van der Waals surface area contributed by atoms with E-state index in [1.54, 1.807) is 11.1 Å². The highest BCUT2D eigenvalue weighted by Crippen LogP contribution is 2.36. The molecule has 0 saturated carbocycles. The molecule has 1 aliphatic heterocycles. The molecule has 5 nitrogen and oxygen atoms in total. The summed E-state index contributed by atoms with van der Waals surface area (Å²) in [6, 6.07) is 4.40. The Morgan fingerprint density at radius 3 is 2.79 bits per heavy atom. The van der Waals surface area contributed by atoms with Crippen molar-refractivity contribution >= 4 is 11.9 Å². The zero-order chi connectivity index (χ0) is 17.7. The van der Waals surface area contributed by atoms with Gasteiger partial charge in [0.25, 0.3) is 0 Å². The van der Waals surface area contributed by atoms with E-state index in [1.165, 1.54) is 6.42 Å². The third-order valence-corrected chi connectivity index (χ3v) is 4.26. The molecule has 1 saturated heterocycles. The van der Waals surface area contributed by atoms with E-state index in [4.69, 9.17) is 4.74 Å². The Hall–Kier alpha value is -1.62. The quantitative estimate of drug-likeness (QED) is 0.801. The summed E-state index contributed by atoms with van der Waals surface area (Å²) in [5.41, 5.74) is 0.622. The minimum atomic E-state index is -0.513. The zero-order valence-corrected chi connectivity index (χ0v) is 15.7. The average Bonchev–Trinajstić information content (AvgIpc) is 2.99. The fraction of sp³-hybridized carbons (Fsp3) is 0.684. The molecule has 0 bridgehead atoms. The maximum absolute atomic E-state index is 12.7. The molecule has 1 aromatic rings. The molecule has 2 heterocycles. The maximum Gasteiger partial charge on any atom is 0.416 e. The molecule has 5 heteroatoms. The molecule has 2 rings (SSSR count). The van der Waals surface area contributed by atoms with E-state index < -0.39 is 5.60 Å². The van der Waals surface area contributed by atoms with E-state index in [0.717, 1.165) is 37.3 Å². The molecule has 1 unspecified atom stereocenters. The van der Waals surface area contributed by atoms with Crippen molar-refractivity contribution in [3.05, 3.63) is 23.9 Å². The maximum atomic E-state index is 12.7. The molecule has 1 atom stereocenters. The van der Waals surface area contributed by atoms with Gasteiger partial charge in [0.15, 0.2) is 0 Å². The van der Waals surface area contributed by atoms with Gasteiger partial charge in [0.2, 0.25) is 0 Å². The summed E-state index contributed by atoms with van der Waals surface area (Å²) in [5, 5.41) is 0. The van der Waals surface area contributed by atoms with Crippen LogP contribution in [0, 0.1) is 0 Å². The van der Waals surface area contributed by atoms with Gasteiger partial charge in [-0.3, -0.25) is 9.80 Å². The summed E-state index contributed by atoms with van der Waals surface area (Å²) in [6.07, 6.45) is 4.60. The molecule has 0 N–H and O–H groups in total. The second-order valence-corrected chi connectivity index (χ2v) is 7.33. The Morgan fingerprint density at radius 1 is 1.42 bits per heavy atom. The third-order valence-electron chi connectivity index (χ3n) is 4.26. The number of pyridine rings is 1. The van der Waals surface area contributed by atoms with E-state index in [-0.39, 0.29) is 6.09 Å². The number of ether oxygens (including phenoxy) is 1. The van der Waals surface area contributed by atoms with E-state index in [2.05, 4.69) is 29.8 Å². The van der Waals surface area contributed by atoms with Gasteiger partial charge in [-0.15, -0.1) is 0 Å². The highest BCUT2D eigenvalue weighted by molar-refractivity contribution is 5.87. The number of carbonyl (C=O) groups is 1. The van der Waals surface area contributed by atoms with Crippen LogP contribution in [-0.2, 0) is 4.74 Å². The number of aromatic nitrogens is 1. The smallest absolute Gasteiger partial charge is 0.416 e.